The van der Waals surface area contributed by atoms with Gasteiger partial charge in [0, 0.05) is 13.0 Å². The Labute approximate surface area is 76.3 Å². The second kappa shape index (κ2) is 4.30. The standard InChI is InChI=1S/C10H10O3/c1-8(11)13-10(12)7-9-5-3-2-4-6-9/h2-7,12H,1H3. The smallest absolute Gasteiger partial charge is 0.310 e. The summed E-state index contributed by atoms with van der Waals surface area (Å²) in [4.78, 5) is 10.4. The van der Waals surface area contributed by atoms with Gasteiger partial charge in [-0.05, 0) is 5.56 Å². The van der Waals surface area contributed by atoms with Crippen LogP contribution in [-0.4, -0.2) is 11.1 Å². The Morgan fingerprint density at radius 3 is 2.54 bits per heavy atom. The molecule has 0 aliphatic rings. The van der Waals surface area contributed by atoms with Crippen molar-refractivity contribution in [3.8, 4) is 0 Å². The van der Waals surface area contributed by atoms with Crippen LogP contribution in [0.15, 0.2) is 36.3 Å². The van der Waals surface area contributed by atoms with E-state index in [1.165, 1.54) is 13.0 Å². The first-order valence-electron chi connectivity index (χ1n) is 3.82. The maximum atomic E-state index is 10.4. The topological polar surface area (TPSA) is 46.5 Å². The van der Waals surface area contributed by atoms with Gasteiger partial charge in [0.05, 0.1) is 0 Å². The number of rotatable bonds is 2. The zero-order valence-electron chi connectivity index (χ0n) is 7.23. The molecular formula is C10H10O3. The average molecular weight is 178 g/mol. The molecule has 1 N–H and O–H groups in total. The van der Waals surface area contributed by atoms with Crippen molar-refractivity contribution in [3.63, 3.8) is 0 Å². The number of carbonyl (C=O) groups is 1. The zero-order chi connectivity index (χ0) is 9.68. The third-order valence-electron chi connectivity index (χ3n) is 1.34. The molecule has 0 heterocycles. The minimum absolute atomic E-state index is 0.390. The molecule has 0 amide bonds. The SMILES string of the molecule is CC(=O)OC(O)=Cc1ccccc1. The van der Waals surface area contributed by atoms with E-state index in [0.717, 1.165) is 5.56 Å². The molecule has 1 rings (SSSR count). The normalized spacial score (nSPS) is 11.0. The maximum Gasteiger partial charge on any atom is 0.310 e. The van der Waals surface area contributed by atoms with Gasteiger partial charge in [0.1, 0.15) is 0 Å². The Hall–Kier alpha value is -1.77. The number of carbonyl (C=O) groups excluding carboxylic acids is 1. The predicted molar refractivity (Wildman–Crippen MR) is 48.8 cm³/mol. The van der Waals surface area contributed by atoms with E-state index in [1.807, 2.05) is 18.2 Å². The summed E-state index contributed by atoms with van der Waals surface area (Å²) in [6.45, 7) is 1.23. The van der Waals surface area contributed by atoms with Crippen molar-refractivity contribution in [2.24, 2.45) is 0 Å². The first-order valence-corrected chi connectivity index (χ1v) is 3.82. The number of aliphatic hydroxyl groups excluding tert-OH is 1. The van der Waals surface area contributed by atoms with E-state index < -0.39 is 11.9 Å². The Balaban J connectivity index is 2.71. The lowest BCUT2D eigenvalue weighted by Gasteiger charge is -1.98. The molecule has 0 unspecified atom stereocenters. The summed E-state index contributed by atoms with van der Waals surface area (Å²) in [6.07, 6.45) is 1.38. The molecule has 0 aliphatic carbocycles. The number of ether oxygens (including phenoxy) is 1. The highest BCUT2D eigenvalue weighted by Crippen LogP contribution is 2.05. The maximum absolute atomic E-state index is 10.4. The lowest BCUT2D eigenvalue weighted by Crippen LogP contribution is -1.97. The number of aliphatic hydroxyl groups is 1. The van der Waals surface area contributed by atoms with E-state index >= 15 is 0 Å². The molecule has 3 nitrogen and oxygen atoms in total. The van der Waals surface area contributed by atoms with E-state index in [9.17, 15) is 4.79 Å². The van der Waals surface area contributed by atoms with Crippen LogP contribution in [0.25, 0.3) is 6.08 Å². The van der Waals surface area contributed by atoms with Gasteiger partial charge in [-0.15, -0.1) is 0 Å². The monoisotopic (exact) mass is 178 g/mol. The van der Waals surface area contributed by atoms with Crippen molar-refractivity contribution in [2.75, 3.05) is 0 Å². The van der Waals surface area contributed by atoms with Gasteiger partial charge in [-0.25, -0.2) is 0 Å². The van der Waals surface area contributed by atoms with Crippen molar-refractivity contribution < 1.29 is 14.6 Å². The summed E-state index contributed by atoms with van der Waals surface area (Å²) in [5, 5.41) is 9.09. The molecule has 13 heavy (non-hydrogen) atoms. The number of esters is 1. The van der Waals surface area contributed by atoms with Gasteiger partial charge in [0.25, 0.3) is 5.95 Å². The van der Waals surface area contributed by atoms with Crippen LogP contribution >= 0.6 is 0 Å². The molecule has 0 bridgehead atoms. The highest BCUT2D eigenvalue weighted by atomic mass is 16.6. The largest absolute Gasteiger partial charge is 0.481 e. The number of benzene rings is 1. The molecule has 0 atom stereocenters. The molecule has 0 saturated carbocycles. The van der Waals surface area contributed by atoms with E-state index in [-0.39, 0.29) is 0 Å². The van der Waals surface area contributed by atoms with Gasteiger partial charge >= 0.3 is 5.97 Å². The van der Waals surface area contributed by atoms with Crippen LogP contribution in [0.5, 0.6) is 0 Å². The fraction of sp³-hybridized carbons (Fsp3) is 0.100. The van der Waals surface area contributed by atoms with Gasteiger partial charge in [0.2, 0.25) is 0 Å². The third-order valence-corrected chi connectivity index (χ3v) is 1.34. The lowest BCUT2D eigenvalue weighted by atomic mass is 10.2. The predicted octanol–water partition coefficient (Wildman–Crippen LogP) is 2.11. The van der Waals surface area contributed by atoms with Crippen LogP contribution in [0.3, 0.4) is 0 Å². The molecule has 0 aromatic heterocycles. The van der Waals surface area contributed by atoms with E-state index in [1.54, 1.807) is 12.1 Å². The van der Waals surface area contributed by atoms with Crippen LogP contribution in [0.4, 0.5) is 0 Å². The van der Waals surface area contributed by atoms with Crippen molar-refractivity contribution in [1.29, 1.82) is 0 Å². The minimum atomic E-state index is -0.537. The van der Waals surface area contributed by atoms with Crippen LogP contribution in [0, 0.1) is 0 Å². The molecular weight excluding hydrogens is 168 g/mol. The molecule has 3 heteroatoms. The van der Waals surface area contributed by atoms with Crippen LogP contribution in [0.1, 0.15) is 12.5 Å². The average Bonchev–Trinajstić information content (AvgIpc) is 2.04. The van der Waals surface area contributed by atoms with E-state index in [4.69, 9.17) is 5.11 Å². The summed E-state index contributed by atoms with van der Waals surface area (Å²) in [7, 11) is 0. The van der Waals surface area contributed by atoms with Crippen LogP contribution in [0.2, 0.25) is 0 Å². The van der Waals surface area contributed by atoms with Gasteiger partial charge < -0.3 is 9.84 Å². The second-order valence-electron chi connectivity index (χ2n) is 2.49. The molecule has 1 aromatic rings. The van der Waals surface area contributed by atoms with E-state index in [0.29, 0.717) is 0 Å². The molecule has 1 aromatic carbocycles. The van der Waals surface area contributed by atoms with Gasteiger partial charge in [-0.2, -0.15) is 0 Å². The summed E-state index contributed by atoms with van der Waals surface area (Å²) in [5.41, 5.74) is 0.779. The van der Waals surface area contributed by atoms with Crippen molar-refractivity contribution in [3.05, 3.63) is 41.8 Å². The summed E-state index contributed by atoms with van der Waals surface area (Å²) in [6, 6.07) is 9.10. The molecule has 0 saturated heterocycles. The Kier molecular flexibility index (Phi) is 3.09. The Morgan fingerprint density at radius 1 is 1.38 bits per heavy atom. The van der Waals surface area contributed by atoms with E-state index in [2.05, 4.69) is 4.74 Å². The highest BCUT2D eigenvalue weighted by Gasteiger charge is 1.97. The molecule has 0 fully saturated rings. The Morgan fingerprint density at radius 2 is 2.00 bits per heavy atom. The molecule has 68 valence electrons. The third kappa shape index (κ3) is 3.42. The zero-order valence-corrected chi connectivity index (χ0v) is 7.23. The lowest BCUT2D eigenvalue weighted by molar-refractivity contribution is -0.140. The van der Waals surface area contributed by atoms with Crippen LogP contribution in [-0.2, 0) is 9.53 Å². The fourth-order valence-corrected chi connectivity index (χ4v) is 0.869. The quantitative estimate of drug-likeness (QED) is 0.557. The first kappa shape index (κ1) is 9.32. The van der Waals surface area contributed by atoms with Crippen molar-refractivity contribution in [1.82, 2.24) is 0 Å². The van der Waals surface area contributed by atoms with Crippen molar-refractivity contribution in [2.45, 2.75) is 6.92 Å². The molecule has 0 aliphatic heterocycles. The minimum Gasteiger partial charge on any atom is -0.481 e. The van der Waals surface area contributed by atoms with Crippen LogP contribution < -0.4 is 0 Å². The summed E-state index contributed by atoms with van der Waals surface area (Å²) < 4.78 is 4.43. The molecule has 0 radical (unpaired) electrons. The fourth-order valence-electron chi connectivity index (χ4n) is 0.869. The highest BCUT2D eigenvalue weighted by molar-refractivity contribution is 5.68. The van der Waals surface area contributed by atoms with Gasteiger partial charge in [0.15, 0.2) is 0 Å². The number of hydrogen-bond donors (Lipinski definition) is 1. The second-order valence-corrected chi connectivity index (χ2v) is 2.49. The first-order chi connectivity index (χ1) is 6.18. The summed E-state index contributed by atoms with van der Waals surface area (Å²) >= 11 is 0. The number of hydrogen-bond acceptors (Lipinski definition) is 3. The summed E-state index contributed by atoms with van der Waals surface area (Å²) in [5.74, 6) is -0.927. The molecule has 0 spiro atoms. The van der Waals surface area contributed by atoms with Gasteiger partial charge in [-0.1, -0.05) is 30.3 Å². The van der Waals surface area contributed by atoms with Crippen molar-refractivity contribution >= 4 is 12.0 Å². The Bertz CT molecular complexity index is 314. The van der Waals surface area contributed by atoms with Gasteiger partial charge in [-0.3, -0.25) is 4.79 Å².